The van der Waals surface area contributed by atoms with Crippen LogP contribution in [0.4, 0.5) is 0 Å². The van der Waals surface area contributed by atoms with E-state index in [2.05, 4.69) is 10.2 Å². The second-order valence-electron chi connectivity index (χ2n) is 3.48. The van der Waals surface area contributed by atoms with Crippen molar-refractivity contribution in [3.8, 4) is 11.5 Å². The van der Waals surface area contributed by atoms with Crippen LogP contribution in [0.2, 0.25) is 0 Å². The summed E-state index contributed by atoms with van der Waals surface area (Å²) < 4.78 is 5.29. The highest BCUT2D eigenvalue weighted by Gasteiger charge is 2.06. The van der Waals surface area contributed by atoms with Gasteiger partial charge in [-0.25, -0.2) is 4.79 Å². The lowest BCUT2D eigenvalue weighted by atomic mass is 10.1. The van der Waals surface area contributed by atoms with Gasteiger partial charge in [-0.2, -0.15) is 0 Å². The first-order valence-electron chi connectivity index (χ1n) is 4.97. The number of aryl methyl sites for hydroxylation is 1. The fourth-order valence-electron chi connectivity index (χ4n) is 1.26. The summed E-state index contributed by atoms with van der Waals surface area (Å²) in [6.07, 6.45) is 2.21. The zero-order chi connectivity index (χ0) is 12.3. The second kappa shape index (κ2) is 4.61. The van der Waals surface area contributed by atoms with Crippen molar-refractivity contribution < 1.29 is 14.3 Å². The molecule has 0 saturated heterocycles. The number of benzene rings is 1. The molecule has 1 aromatic heterocycles. The standard InChI is InChI=1S/C12H10N2O3/c1-8-2-4-9(5-3-8)12-14-13-10(17-12)6-7-11(15)16/h2-7H,1H3,(H,15,16). The Hall–Kier alpha value is -2.43. The Morgan fingerprint density at radius 1 is 1.29 bits per heavy atom. The van der Waals surface area contributed by atoms with Crippen LogP contribution < -0.4 is 0 Å². The molecule has 1 heterocycles. The molecule has 0 fully saturated rings. The Morgan fingerprint density at radius 2 is 2.00 bits per heavy atom. The monoisotopic (exact) mass is 230 g/mol. The molecule has 5 nitrogen and oxygen atoms in total. The minimum absolute atomic E-state index is 0.169. The Morgan fingerprint density at radius 3 is 2.65 bits per heavy atom. The van der Waals surface area contributed by atoms with Gasteiger partial charge in [-0.05, 0) is 19.1 Å². The molecule has 5 heteroatoms. The van der Waals surface area contributed by atoms with E-state index in [0.717, 1.165) is 17.2 Å². The average Bonchev–Trinajstić information content (AvgIpc) is 2.76. The molecule has 0 aliphatic rings. The summed E-state index contributed by atoms with van der Waals surface area (Å²) in [4.78, 5) is 10.3. The molecule has 2 rings (SSSR count). The first-order chi connectivity index (χ1) is 8.15. The average molecular weight is 230 g/mol. The molecule has 0 bridgehead atoms. The molecule has 0 spiro atoms. The van der Waals surface area contributed by atoms with Gasteiger partial charge in [0.15, 0.2) is 0 Å². The summed E-state index contributed by atoms with van der Waals surface area (Å²) in [6.45, 7) is 1.98. The molecule has 1 aromatic carbocycles. The third kappa shape index (κ3) is 2.78. The van der Waals surface area contributed by atoms with Crippen LogP contribution >= 0.6 is 0 Å². The summed E-state index contributed by atoms with van der Waals surface area (Å²) in [5, 5.41) is 16.0. The first-order valence-corrected chi connectivity index (χ1v) is 4.97. The third-order valence-corrected chi connectivity index (χ3v) is 2.11. The van der Waals surface area contributed by atoms with Crippen LogP contribution in [0.3, 0.4) is 0 Å². The van der Waals surface area contributed by atoms with Gasteiger partial charge in [0.1, 0.15) is 0 Å². The Labute approximate surface area is 97.4 Å². The van der Waals surface area contributed by atoms with Gasteiger partial charge in [0.05, 0.1) is 0 Å². The number of nitrogens with zero attached hydrogens (tertiary/aromatic N) is 2. The van der Waals surface area contributed by atoms with Gasteiger partial charge in [0.2, 0.25) is 11.8 Å². The van der Waals surface area contributed by atoms with Gasteiger partial charge in [-0.1, -0.05) is 17.7 Å². The van der Waals surface area contributed by atoms with Gasteiger partial charge >= 0.3 is 5.97 Å². The van der Waals surface area contributed by atoms with Gasteiger partial charge in [0, 0.05) is 17.7 Å². The SMILES string of the molecule is Cc1ccc(-c2nnc(C=CC(=O)O)o2)cc1. The maximum absolute atomic E-state index is 10.3. The summed E-state index contributed by atoms with van der Waals surface area (Å²) >= 11 is 0. The topological polar surface area (TPSA) is 76.2 Å². The van der Waals surface area contributed by atoms with E-state index in [0.29, 0.717) is 5.89 Å². The lowest BCUT2D eigenvalue weighted by Crippen LogP contribution is -1.85. The van der Waals surface area contributed by atoms with Crippen molar-refractivity contribution in [1.29, 1.82) is 0 Å². The highest BCUT2D eigenvalue weighted by Crippen LogP contribution is 2.18. The molecule has 0 atom stereocenters. The Kier molecular flexibility index (Phi) is 3.00. The number of aliphatic carboxylic acids is 1. The molecule has 0 radical (unpaired) electrons. The molecule has 1 N–H and O–H groups in total. The summed E-state index contributed by atoms with van der Waals surface area (Å²) in [6, 6.07) is 7.61. The maximum Gasteiger partial charge on any atom is 0.328 e. The highest BCUT2D eigenvalue weighted by molar-refractivity contribution is 5.84. The normalized spacial score (nSPS) is 10.9. The molecule has 0 aliphatic heterocycles. The van der Waals surface area contributed by atoms with Crippen LogP contribution in [0.5, 0.6) is 0 Å². The van der Waals surface area contributed by atoms with Crippen molar-refractivity contribution in [1.82, 2.24) is 10.2 Å². The molecule has 0 aliphatic carbocycles. The predicted octanol–water partition coefficient (Wildman–Crippen LogP) is 2.14. The molecular formula is C12H10N2O3. The minimum Gasteiger partial charge on any atom is -0.478 e. The van der Waals surface area contributed by atoms with Crippen LogP contribution in [-0.4, -0.2) is 21.3 Å². The van der Waals surface area contributed by atoms with E-state index in [1.54, 1.807) is 0 Å². The van der Waals surface area contributed by atoms with Crippen molar-refractivity contribution >= 4 is 12.0 Å². The van der Waals surface area contributed by atoms with E-state index in [4.69, 9.17) is 9.52 Å². The van der Waals surface area contributed by atoms with Crippen LogP contribution in [0.25, 0.3) is 17.5 Å². The largest absolute Gasteiger partial charge is 0.478 e. The highest BCUT2D eigenvalue weighted by atomic mass is 16.4. The molecule has 2 aromatic rings. The number of hydrogen-bond acceptors (Lipinski definition) is 4. The number of carboxylic acid groups (broad SMARTS) is 1. The fraction of sp³-hybridized carbons (Fsp3) is 0.0833. The van der Waals surface area contributed by atoms with E-state index in [-0.39, 0.29) is 5.89 Å². The summed E-state index contributed by atoms with van der Waals surface area (Å²) in [5.74, 6) is -0.516. The van der Waals surface area contributed by atoms with Crippen molar-refractivity contribution in [2.24, 2.45) is 0 Å². The maximum atomic E-state index is 10.3. The summed E-state index contributed by atoms with van der Waals surface area (Å²) in [7, 11) is 0. The van der Waals surface area contributed by atoms with Crippen molar-refractivity contribution in [3.05, 3.63) is 41.8 Å². The van der Waals surface area contributed by atoms with Gasteiger partial charge in [0.25, 0.3) is 0 Å². The van der Waals surface area contributed by atoms with Crippen LogP contribution in [0.1, 0.15) is 11.5 Å². The van der Waals surface area contributed by atoms with E-state index in [1.807, 2.05) is 31.2 Å². The molecule has 0 amide bonds. The molecule has 0 saturated carbocycles. The molecular weight excluding hydrogens is 220 g/mol. The molecule has 0 unspecified atom stereocenters. The van der Waals surface area contributed by atoms with E-state index < -0.39 is 5.97 Å². The lowest BCUT2D eigenvalue weighted by molar-refractivity contribution is -0.131. The fourth-order valence-corrected chi connectivity index (χ4v) is 1.26. The van der Waals surface area contributed by atoms with Crippen LogP contribution in [0.15, 0.2) is 34.8 Å². The van der Waals surface area contributed by atoms with Gasteiger partial charge in [-0.3, -0.25) is 0 Å². The van der Waals surface area contributed by atoms with Gasteiger partial charge < -0.3 is 9.52 Å². The van der Waals surface area contributed by atoms with Gasteiger partial charge in [-0.15, -0.1) is 10.2 Å². The number of hydrogen-bond donors (Lipinski definition) is 1. The van der Waals surface area contributed by atoms with E-state index in [9.17, 15) is 4.79 Å². The first kappa shape index (κ1) is 11.1. The van der Waals surface area contributed by atoms with Crippen molar-refractivity contribution in [2.45, 2.75) is 6.92 Å². The number of carboxylic acids is 1. The Bertz CT molecular complexity index is 555. The third-order valence-electron chi connectivity index (χ3n) is 2.11. The summed E-state index contributed by atoms with van der Waals surface area (Å²) in [5.41, 5.74) is 1.94. The Balaban J connectivity index is 2.23. The predicted molar refractivity (Wildman–Crippen MR) is 61.1 cm³/mol. The zero-order valence-corrected chi connectivity index (χ0v) is 9.12. The lowest BCUT2D eigenvalue weighted by Gasteiger charge is -1.94. The number of rotatable bonds is 3. The smallest absolute Gasteiger partial charge is 0.328 e. The van der Waals surface area contributed by atoms with Crippen molar-refractivity contribution in [3.63, 3.8) is 0 Å². The van der Waals surface area contributed by atoms with E-state index >= 15 is 0 Å². The minimum atomic E-state index is -1.06. The quantitative estimate of drug-likeness (QED) is 0.817. The van der Waals surface area contributed by atoms with Crippen LogP contribution in [0, 0.1) is 6.92 Å². The number of aromatic nitrogens is 2. The number of carbonyl (C=O) groups is 1. The second-order valence-corrected chi connectivity index (χ2v) is 3.48. The zero-order valence-electron chi connectivity index (χ0n) is 9.12. The van der Waals surface area contributed by atoms with Crippen LogP contribution in [-0.2, 0) is 4.79 Å². The van der Waals surface area contributed by atoms with E-state index in [1.165, 1.54) is 6.08 Å². The van der Waals surface area contributed by atoms with Crippen molar-refractivity contribution in [2.75, 3.05) is 0 Å². The molecule has 86 valence electrons. The molecule has 17 heavy (non-hydrogen) atoms.